The minimum absolute atomic E-state index is 0.0667. The number of nitrogens with zero attached hydrogens (tertiary/aromatic N) is 2. The normalized spacial score (nSPS) is 21.9. The van der Waals surface area contributed by atoms with E-state index in [9.17, 15) is 9.59 Å². The molecule has 102 valence electrons. The number of carboxylic acid groups (broad SMARTS) is 1. The Morgan fingerprint density at radius 2 is 2.26 bits per heavy atom. The second kappa shape index (κ2) is 6.12. The van der Waals surface area contributed by atoms with Crippen molar-refractivity contribution in [2.24, 2.45) is 5.92 Å². The molecule has 1 aliphatic rings. The first-order valence-electron chi connectivity index (χ1n) is 6.19. The number of carbonyl (C=O) groups is 2. The van der Waals surface area contributed by atoms with Crippen LogP contribution in [0.2, 0.25) is 0 Å². The summed E-state index contributed by atoms with van der Waals surface area (Å²) in [5, 5.41) is 21.9. The zero-order valence-electron chi connectivity index (χ0n) is 10.4. The van der Waals surface area contributed by atoms with Crippen molar-refractivity contribution in [3.8, 4) is 0 Å². The summed E-state index contributed by atoms with van der Waals surface area (Å²) in [7, 11) is 0. The Bertz CT molecular complexity index is 452. The fourth-order valence-corrected chi connectivity index (χ4v) is 2.17. The molecule has 1 saturated carbocycles. The van der Waals surface area contributed by atoms with Crippen LogP contribution in [0.15, 0.2) is 18.3 Å². The van der Waals surface area contributed by atoms with Gasteiger partial charge >= 0.3 is 12.0 Å². The standard InChI is InChI=1S/C12H16N4O3/c17-11(18)8-3-4-9(6-8)15-12(19)13-7-10-2-1-5-14-16-10/h1-2,5,8-9H,3-4,6-7H2,(H,17,18)(H2,13,15,19). The molecule has 7 nitrogen and oxygen atoms in total. The van der Waals surface area contributed by atoms with Crippen LogP contribution in [0, 0.1) is 5.92 Å². The number of nitrogens with one attached hydrogen (secondary N) is 2. The van der Waals surface area contributed by atoms with Gasteiger partial charge in [-0.3, -0.25) is 4.79 Å². The molecule has 1 aliphatic carbocycles. The second-order valence-electron chi connectivity index (χ2n) is 4.59. The molecule has 2 amide bonds. The first-order chi connectivity index (χ1) is 9.15. The molecule has 2 unspecified atom stereocenters. The first kappa shape index (κ1) is 13.3. The van der Waals surface area contributed by atoms with Crippen molar-refractivity contribution in [2.45, 2.75) is 31.8 Å². The summed E-state index contributed by atoms with van der Waals surface area (Å²) >= 11 is 0. The molecule has 0 aliphatic heterocycles. The highest BCUT2D eigenvalue weighted by Gasteiger charge is 2.30. The largest absolute Gasteiger partial charge is 0.481 e. The van der Waals surface area contributed by atoms with Crippen molar-refractivity contribution in [3.05, 3.63) is 24.0 Å². The number of rotatable bonds is 4. The predicted octanol–water partition coefficient (Wildman–Crippen LogP) is 0.529. The maximum Gasteiger partial charge on any atom is 0.315 e. The number of carbonyl (C=O) groups excluding carboxylic acids is 1. The van der Waals surface area contributed by atoms with E-state index >= 15 is 0 Å². The lowest BCUT2D eigenvalue weighted by Gasteiger charge is -2.13. The van der Waals surface area contributed by atoms with Crippen LogP contribution < -0.4 is 10.6 Å². The molecule has 0 aromatic carbocycles. The van der Waals surface area contributed by atoms with Crippen LogP contribution in [0.1, 0.15) is 25.0 Å². The Morgan fingerprint density at radius 1 is 1.42 bits per heavy atom. The van der Waals surface area contributed by atoms with Crippen molar-refractivity contribution in [2.75, 3.05) is 0 Å². The Labute approximate surface area is 110 Å². The molecule has 0 bridgehead atoms. The van der Waals surface area contributed by atoms with Crippen molar-refractivity contribution in [1.29, 1.82) is 0 Å². The number of aromatic nitrogens is 2. The smallest absolute Gasteiger partial charge is 0.315 e. The summed E-state index contributed by atoms with van der Waals surface area (Å²) in [6, 6.07) is 3.14. The van der Waals surface area contributed by atoms with Gasteiger partial charge in [0.1, 0.15) is 0 Å². The Kier molecular flexibility index (Phi) is 4.27. The van der Waals surface area contributed by atoms with Gasteiger partial charge in [0.05, 0.1) is 18.2 Å². The second-order valence-corrected chi connectivity index (χ2v) is 4.59. The summed E-state index contributed by atoms with van der Waals surface area (Å²) in [6.07, 6.45) is 3.38. The highest BCUT2D eigenvalue weighted by molar-refractivity contribution is 5.75. The summed E-state index contributed by atoms with van der Waals surface area (Å²) < 4.78 is 0. The monoisotopic (exact) mass is 264 g/mol. The maximum atomic E-state index is 11.6. The minimum atomic E-state index is -0.788. The van der Waals surface area contributed by atoms with E-state index in [0.717, 1.165) is 0 Å². The van der Waals surface area contributed by atoms with Crippen molar-refractivity contribution in [1.82, 2.24) is 20.8 Å². The van der Waals surface area contributed by atoms with Crippen LogP contribution in [-0.4, -0.2) is 33.3 Å². The molecule has 0 spiro atoms. The van der Waals surface area contributed by atoms with Crippen LogP contribution in [-0.2, 0) is 11.3 Å². The molecule has 1 aromatic heterocycles. The number of aliphatic carboxylic acids is 1. The van der Waals surface area contributed by atoms with Crippen LogP contribution in [0.4, 0.5) is 4.79 Å². The first-order valence-corrected chi connectivity index (χ1v) is 6.19. The molecule has 0 radical (unpaired) electrons. The minimum Gasteiger partial charge on any atom is -0.481 e. The van der Waals surface area contributed by atoms with Gasteiger partial charge in [0.2, 0.25) is 0 Å². The zero-order valence-corrected chi connectivity index (χ0v) is 10.4. The lowest BCUT2D eigenvalue weighted by molar-refractivity contribution is -0.141. The van der Waals surface area contributed by atoms with Gasteiger partial charge in [-0.15, -0.1) is 0 Å². The number of amides is 2. The Balaban J connectivity index is 1.72. The molecule has 7 heteroatoms. The third kappa shape index (κ3) is 3.90. The van der Waals surface area contributed by atoms with Gasteiger partial charge in [-0.25, -0.2) is 4.79 Å². The number of hydrogen-bond acceptors (Lipinski definition) is 4. The van der Waals surface area contributed by atoms with Gasteiger partial charge in [-0.2, -0.15) is 10.2 Å². The van der Waals surface area contributed by atoms with Crippen LogP contribution in [0.3, 0.4) is 0 Å². The van der Waals surface area contributed by atoms with Gasteiger partial charge < -0.3 is 15.7 Å². The highest BCUT2D eigenvalue weighted by Crippen LogP contribution is 2.25. The van der Waals surface area contributed by atoms with E-state index in [0.29, 0.717) is 31.5 Å². The quantitative estimate of drug-likeness (QED) is 0.735. The van der Waals surface area contributed by atoms with Gasteiger partial charge in [0.25, 0.3) is 0 Å². The Hall–Kier alpha value is -2.18. The molecule has 1 fully saturated rings. The SMILES string of the molecule is O=C(NCc1cccnn1)NC1CCC(C(=O)O)C1. The van der Waals surface area contributed by atoms with E-state index in [1.54, 1.807) is 18.3 Å². The number of urea groups is 1. The average Bonchev–Trinajstić information content (AvgIpc) is 2.86. The number of carboxylic acids is 1. The highest BCUT2D eigenvalue weighted by atomic mass is 16.4. The lowest BCUT2D eigenvalue weighted by Crippen LogP contribution is -2.41. The topological polar surface area (TPSA) is 104 Å². The van der Waals surface area contributed by atoms with Crippen molar-refractivity contribution < 1.29 is 14.7 Å². The average molecular weight is 264 g/mol. The fraction of sp³-hybridized carbons (Fsp3) is 0.500. The van der Waals surface area contributed by atoms with Gasteiger partial charge in [0, 0.05) is 12.2 Å². The van der Waals surface area contributed by atoms with E-state index in [-0.39, 0.29) is 18.0 Å². The summed E-state index contributed by atoms with van der Waals surface area (Å²) in [4.78, 5) is 22.4. The van der Waals surface area contributed by atoms with Crippen molar-refractivity contribution >= 4 is 12.0 Å². The predicted molar refractivity (Wildman–Crippen MR) is 66.2 cm³/mol. The molecule has 2 rings (SSSR count). The molecule has 19 heavy (non-hydrogen) atoms. The third-order valence-corrected chi connectivity index (χ3v) is 3.17. The Morgan fingerprint density at radius 3 is 2.89 bits per heavy atom. The van der Waals surface area contributed by atoms with Crippen LogP contribution in [0.5, 0.6) is 0 Å². The van der Waals surface area contributed by atoms with E-state index in [1.807, 2.05) is 0 Å². The summed E-state index contributed by atoms with van der Waals surface area (Å²) in [5.41, 5.74) is 0.674. The molecule has 0 saturated heterocycles. The molecule has 2 atom stereocenters. The molecule has 3 N–H and O–H groups in total. The summed E-state index contributed by atoms with van der Waals surface area (Å²) in [6.45, 7) is 0.300. The molecule has 1 heterocycles. The zero-order chi connectivity index (χ0) is 13.7. The maximum absolute atomic E-state index is 11.6. The van der Waals surface area contributed by atoms with E-state index in [2.05, 4.69) is 20.8 Å². The van der Waals surface area contributed by atoms with Crippen LogP contribution >= 0.6 is 0 Å². The third-order valence-electron chi connectivity index (χ3n) is 3.17. The number of hydrogen-bond donors (Lipinski definition) is 3. The van der Waals surface area contributed by atoms with Crippen LogP contribution in [0.25, 0.3) is 0 Å². The van der Waals surface area contributed by atoms with E-state index < -0.39 is 5.97 Å². The molecule has 1 aromatic rings. The van der Waals surface area contributed by atoms with Gasteiger partial charge in [-0.05, 0) is 31.4 Å². The molecular weight excluding hydrogens is 248 g/mol. The lowest BCUT2D eigenvalue weighted by atomic mass is 10.1. The summed E-state index contributed by atoms with van der Waals surface area (Å²) in [5.74, 6) is -1.13. The van der Waals surface area contributed by atoms with E-state index in [1.165, 1.54) is 0 Å². The van der Waals surface area contributed by atoms with Crippen molar-refractivity contribution in [3.63, 3.8) is 0 Å². The van der Waals surface area contributed by atoms with Gasteiger partial charge in [-0.1, -0.05) is 0 Å². The van der Waals surface area contributed by atoms with E-state index in [4.69, 9.17) is 5.11 Å². The molecular formula is C12H16N4O3. The van der Waals surface area contributed by atoms with Gasteiger partial charge in [0.15, 0.2) is 0 Å². The fourth-order valence-electron chi connectivity index (χ4n) is 2.17.